The fourth-order valence-electron chi connectivity index (χ4n) is 4.42. The van der Waals surface area contributed by atoms with Gasteiger partial charge in [0.25, 0.3) is 5.91 Å². The van der Waals surface area contributed by atoms with E-state index in [1.54, 1.807) is 0 Å². The Hall–Kier alpha value is -2.82. The molecule has 0 fully saturated rings. The van der Waals surface area contributed by atoms with Crippen LogP contribution in [0.3, 0.4) is 0 Å². The third kappa shape index (κ3) is 6.16. The van der Waals surface area contributed by atoms with Crippen LogP contribution in [0, 0.1) is 12.8 Å². The van der Waals surface area contributed by atoms with E-state index in [4.69, 9.17) is 4.74 Å². The summed E-state index contributed by atoms with van der Waals surface area (Å²) in [4.78, 5) is 27.5. The summed E-state index contributed by atoms with van der Waals surface area (Å²) in [6, 6.07) is 14.3. The van der Waals surface area contributed by atoms with E-state index in [0.717, 1.165) is 24.0 Å². The molecule has 2 amide bonds. The third-order valence-corrected chi connectivity index (χ3v) is 6.29. The van der Waals surface area contributed by atoms with Gasteiger partial charge in [-0.2, -0.15) is 0 Å². The number of ether oxygens (including phenoxy) is 1. The van der Waals surface area contributed by atoms with Crippen LogP contribution in [-0.2, 0) is 16.0 Å². The second-order valence-corrected chi connectivity index (χ2v) is 9.36. The lowest BCUT2D eigenvalue weighted by molar-refractivity contribution is -0.133. The molecule has 0 bridgehead atoms. The highest BCUT2D eigenvalue weighted by molar-refractivity contribution is 5.81. The van der Waals surface area contributed by atoms with E-state index in [0.29, 0.717) is 37.6 Å². The topological polar surface area (TPSA) is 58.6 Å². The Bertz CT molecular complexity index is 969. The average Bonchev–Trinajstić information content (AvgIpc) is 2.80. The van der Waals surface area contributed by atoms with Gasteiger partial charge in [-0.1, -0.05) is 63.6 Å². The van der Waals surface area contributed by atoms with Crippen molar-refractivity contribution < 1.29 is 14.3 Å². The molecule has 1 N–H and O–H groups in total. The number of hydrogen-bond acceptors (Lipinski definition) is 3. The van der Waals surface area contributed by atoms with E-state index in [1.807, 2.05) is 36.9 Å². The minimum Gasteiger partial charge on any atom is -0.481 e. The van der Waals surface area contributed by atoms with Gasteiger partial charge in [0.05, 0.1) is 6.04 Å². The maximum absolute atomic E-state index is 12.8. The zero-order valence-electron chi connectivity index (χ0n) is 20.7. The van der Waals surface area contributed by atoms with E-state index in [1.165, 1.54) is 11.1 Å². The highest BCUT2D eigenvalue weighted by Crippen LogP contribution is 2.38. The number of nitrogens with one attached hydrogen (secondary N) is 1. The molecule has 2 aromatic rings. The standard InChI is InChI=1S/C28H38N2O3/c1-6-25(28(32)29-15-13-19(3)4)33-23-12-11-21-14-16-30(26(31)7-2)27(24(21)18-23)22-10-8-9-20(5)17-22/h8-12,17-19,25,27H,6-7,13-16H2,1-5H3,(H,29,32). The van der Waals surface area contributed by atoms with Gasteiger partial charge in [0.1, 0.15) is 5.75 Å². The van der Waals surface area contributed by atoms with Crippen LogP contribution in [0.2, 0.25) is 0 Å². The number of carbonyl (C=O) groups is 2. The second-order valence-electron chi connectivity index (χ2n) is 9.36. The van der Waals surface area contributed by atoms with Gasteiger partial charge in [0.2, 0.25) is 5.91 Å². The molecule has 0 spiro atoms. The van der Waals surface area contributed by atoms with Crippen molar-refractivity contribution in [3.63, 3.8) is 0 Å². The van der Waals surface area contributed by atoms with Crippen molar-refractivity contribution in [2.45, 2.75) is 72.4 Å². The van der Waals surface area contributed by atoms with Gasteiger partial charge in [-0.25, -0.2) is 0 Å². The smallest absolute Gasteiger partial charge is 0.261 e. The van der Waals surface area contributed by atoms with Crippen molar-refractivity contribution in [1.29, 1.82) is 0 Å². The van der Waals surface area contributed by atoms with Gasteiger partial charge < -0.3 is 15.0 Å². The Morgan fingerprint density at radius 3 is 2.61 bits per heavy atom. The molecule has 2 atom stereocenters. The summed E-state index contributed by atoms with van der Waals surface area (Å²) in [6.45, 7) is 11.6. The first-order valence-electron chi connectivity index (χ1n) is 12.3. The van der Waals surface area contributed by atoms with Gasteiger partial charge in [0, 0.05) is 19.5 Å². The summed E-state index contributed by atoms with van der Waals surface area (Å²) in [5.74, 6) is 1.28. The summed E-state index contributed by atoms with van der Waals surface area (Å²) >= 11 is 0. The molecule has 178 valence electrons. The lowest BCUT2D eigenvalue weighted by Gasteiger charge is -2.38. The molecule has 0 aromatic heterocycles. The van der Waals surface area contributed by atoms with Crippen LogP contribution >= 0.6 is 0 Å². The van der Waals surface area contributed by atoms with E-state index in [2.05, 4.69) is 50.4 Å². The average molecular weight is 451 g/mol. The third-order valence-electron chi connectivity index (χ3n) is 6.29. The number of amides is 2. The molecule has 0 radical (unpaired) electrons. The number of carbonyl (C=O) groups excluding carboxylic acids is 2. The van der Waals surface area contributed by atoms with Gasteiger partial charge in [-0.05, 0) is 60.9 Å². The quantitative estimate of drug-likeness (QED) is 0.571. The maximum atomic E-state index is 12.8. The molecule has 5 nitrogen and oxygen atoms in total. The molecular formula is C28H38N2O3. The summed E-state index contributed by atoms with van der Waals surface area (Å²) in [5, 5.41) is 3.00. The summed E-state index contributed by atoms with van der Waals surface area (Å²) in [7, 11) is 0. The first kappa shape index (κ1) is 24.8. The Labute approximate surface area is 198 Å². The lowest BCUT2D eigenvalue weighted by Crippen LogP contribution is -2.40. The Balaban J connectivity index is 1.89. The molecule has 1 aliphatic heterocycles. The molecule has 0 saturated heterocycles. The minimum atomic E-state index is -0.537. The molecule has 0 saturated carbocycles. The van der Waals surface area contributed by atoms with Gasteiger partial charge >= 0.3 is 0 Å². The minimum absolute atomic E-state index is 0.0751. The number of nitrogens with zero attached hydrogens (tertiary/aromatic N) is 1. The monoisotopic (exact) mass is 450 g/mol. The number of benzene rings is 2. The van der Waals surface area contributed by atoms with Crippen LogP contribution in [0.5, 0.6) is 5.75 Å². The van der Waals surface area contributed by atoms with Gasteiger partial charge in [-0.3, -0.25) is 9.59 Å². The molecule has 2 unspecified atom stereocenters. The number of rotatable bonds is 9. The van der Waals surface area contributed by atoms with Gasteiger partial charge in [0.15, 0.2) is 6.10 Å². The van der Waals surface area contributed by atoms with Crippen molar-refractivity contribution in [3.8, 4) is 5.75 Å². The van der Waals surface area contributed by atoms with Crippen LogP contribution in [0.1, 0.15) is 75.3 Å². The lowest BCUT2D eigenvalue weighted by atomic mass is 9.87. The fourth-order valence-corrected chi connectivity index (χ4v) is 4.42. The molecule has 3 rings (SSSR count). The first-order chi connectivity index (χ1) is 15.8. The normalized spacial score (nSPS) is 16.3. The van der Waals surface area contributed by atoms with E-state index in [-0.39, 0.29) is 17.9 Å². The van der Waals surface area contributed by atoms with E-state index < -0.39 is 6.10 Å². The van der Waals surface area contributed by atoms with Crippen molar-refractivity contribution in [3.05, 3.63) is 64.7 Å². The van der Waals surface area contributed by atoms with E-state index >= 15 is 0 Å². The zero-order chi connectivity index (χ0) is 24.0. The number of fused-ring (bicyclic) bond motifs is 1. The predicted molar refractivity (Wildman–Crippen MR) is 132 cm³/mol. The second kappa shape index (κ2) is 11.4. The van der Waals surface area contributed by atoms with Crippen LogP contribution in [0.15, 0.2) is 42.5 Å². The Kier molecular flexibility index (Phi) is 8.54. The fraction of sp³-hybridized carbons (Fsp3) is 0.500. The summed E-state index contributed by atoms with van der Waals surface area (Å²) in [6.07, 6.45) is 2.29. The molecule has 0 aliphatic carbocycles. The predicted octanol–water partition coefficient (Wildman–Crippen LogP) is 5.20. The summed E-state index contributed by atoms with van der Waals surface area (Å²) in [5.41, 5.74) is 4.58. The van der Waals surface area contributed by atoms with Crippen LogP contribution in [-0.4, -0.2) is 35.9 Å². The van der Waals surface area contributed by atoms with Crippen LogP contribution < -0.4 is 10.1 Å². The summed E-state index contributed by atoms with van der Waals surface area (Å²) < 4.78 is 6.16. The van der Waals surface area contributed by atoms with Crippen molar-refractivity contribution in [2.75, 3.05) is 13.1 Å². The number of hydrogen-bond donors (Lipinski definition) is 1. The molecule has 1 aliphatic rings. The zero-order valence-corrected chi connectivity index (χ0v) is 20.7. The van der Waals surface area contributed by atoms with Crippen LogP contribution in [0.25, 0.3) is 0 Å². The molecule has 1 heterocycles. The Morgan fingerprint density at radius 2 is 1.94 bits per heavy atom. The Morgan fingerprint density at radius 1 is 1.15 bits per heavy atom. The number of aryl methyl sites for hydroxylation is 1. The maximum Gasteiger partial charge on any atom is 0.261 e. The SMILES string of the molecule is CCC(=O)N1CCc2ccc(OC(CC)C(=O)NCCC(C)C)cc2C1c1cccc(C)c1. The van der Waals surface area contributed by atoms with E-state index in [9.17, 15) is 9.59 Å². The molecule has 2 aromatic carbocycles. The van der Waals surface area contributed by atoms with Crippen molar-refractivity contribution >= 4 is 11.8 Å². The highest BCUT2D eigenvalue weighted by Gasteiger charge is 2.32. The van der Waals surface area contributed by atoms with Gasteiger partial charge in [-0.15, -0.1) is 0 Å². The highest BCUT2D eigenvalue weighted by atomic mass is 16.5. The molecular weight excluding hydrogens is 412 g/mol. The van der Waals surface area contributed by atoms with Crippen molar-refractivity contribution in [2.24, 2.45) is 5.92 Å². The largest absolute Gasteiger partial charge is 0.481 e. The molecule has 33 heavy (non-hydrogen) atoms. The molecule has 5 heteroatoms. The van der Waals surface area contributed by atoms with Crippen LogP contribution in [0.4, 0.5) is 0 Å². The first-order valence-corrected chi connectivity index (χ1v) is 12.3. The van der Waals surface area contributed by atoms with Crippen molar-refractivity contribution in [1.82, 2.24) is 10.2 Å².